The molecule has 0 aromatic rings. The van der Waals surface area contributed by atoms with Gasteiger partial charge in [0.25, 0.3) is 0 Å². The molecule has 2 rings (SSSR count). The monoisotopic (exact) mass is 264 g/mol. The van der Waals surface area contributed by atoms with Crippen LogP contribution in [0, 0.1) is 0 Å². The van der Waals surface area contributed by atoms with E-state index in [1.165, 1.54) is 5.06 Å². The maximum atomic E-state index is 12.3. The molecular formula is C14H20N2O3. The first kappa shape index (κ1) is 13.8. The number of hydrogen-bond acceptors (Lipinski definition) is 3. The average Bonchev–Trinajstić information content (AvgIpc) is 2.64. The molecule has 2 aliphatic heterocycles. The van der Waals surface area contributed by atoms with Crippen molar-refractivity contribution in [2.24, 2.45) is 0 Å². The van der Waals surface area contributed by atoms with Gasteiger partial charge in [-0.15, -0.1) is 6.58 Å². The number of urea groups is 1. The van der Waals surface area contributed by atoms with Gasteiger partial charge in [0.05, 0.1) is 25.8 Å². The van der Waals surface area contributed by atoms with Crippen LogP contribution in [-0.2, 0) is 9.57 Å². The summed E-state index contributed by atoms with van der Waals surface area (Å²) in [5.74, 6) is 0. The van der Waals surface area contributed by atoms with Gasteiger partial charge in [0.15, 0.2) is 0 Å². The van der Waals surface area contributed by atoms with Crippen molar-refractivity contribution in [2.75, 3.05) is 26.9 Å². The molecule has 19 heavy (non-hydrogen) atoms. The molecule has 2 atom stereocenters. The predicted molar refractivity (Wildman–Crippen MR) is 72.4 cm³/mol. The first-order valence-corrected chi connectivity index (χ1v) is 6.30. The summed E-state index contributed by atoms with van der Waals surface area (Å²) in [5, 5.41) is 1.43. The number of rotatable bonds is 6. The minimum absolute atomic E-state index is 0.0576. The molecule has 2 heterocycles. The number of carbonyl (C=O) groups is 1. The van der Waals surface area contributed by atoms with Crippen LogP contribution in [0.2, 0.25) is 0 Å². The Morgan fingerprint density at radius 2 is 2.37 bits per heavy atom. The van der Waals surface area contributed by atoms with Crippen molar-refractivity contribution in [2.45, 2.75) is 19.0 Å². The second kappa shape index (κ2) is 5.59. The van der Waals surface area contributed by atoms with E-state index < -0.39 is 0 Å². The highest BCUT2D eigenvalue weighted by Crippen LogP contribution is 2.33. The fourth-order valence-corrected chi connectivity index (χ4v) is 2.52. The fourth-order valence-electron chi connectivity index (χ4n) is 2.52. The van der Waals surface area contributed by atoms with E-state index in [1.807, 2.05) is 6.92 Å². The zero-order valence-electron chi connectivity index (χ0n) is 11.5. The van der Waals surface area contributed by atoms with Crippen LogP contribution in [-0.4, -0.2) is 54.9 Å². The lowest BCUT2D eigenvalue weighted by Crippen LogP contribution is -2.41. The van der Waals surface area contributed by atoms with Crippen LogP contribution in [0.1, 0.15) is 6.92 Å². The Labute approximate surface area is 113 Å². The lowest BCUT2D eigenvalue weighted by atomic mass is 9.95. The van der Waals surface area contributed by atoms with E-state index in [9.17, 15) is 4.79 Å². The summed E-state index contributed by atoms with van der Waals surface area (Å²) in [5.41, 5.74) is 2.00. The smallest absolute Gasteiger partial charge is 0.345 e. The average molecular weight is 264 g/mol. The highest BCUT2D eigenvalue weighted by atomic mass is 16.7. The van der Waals surface area contributed by atoms with E-state index >= 15 is 0 Å². The lowest BCUT2D eigenvalue weighted by molar-refractivity contribution is -0.109. The van der Waals surface area contributed by atoms with Crippen molar-refractivity contribution >= 4 is 6.03 Å². The van der Waals surface area contributed by atoms with Gasteiger partial charge in [0.2, 0.25) is 0 Å². The highest BCUT2D eigenvalue weighted by Gasteiger charge is 2.46. The first-order chi connectivity index (χ1) is 9.10. The second-order valence-corrected chi connectivity index (χ2v) is 4.79. The maximum absolute atomic E-state index is 12.3. The molecule has 0 radical (unpaired) electrons. The third-order valence-electron chi connectivity index (χ3n) is 3.38. The number of carbonyl (C=O) groups excluding carboxylic acids is 1. The van der Waals surface area contributed by atoms with Crippen molar-refractivity contribution in [3.05, 3.63) is 36.5 Å². The molecule has 0 N–H and O–H groups in total. The van der Waals surface area contributed by atoms with E-state index in [2.05, 4.69) is 19.2 Å². The second-order valence-electron chi connectivity index (χ2n) is 4.79. The third kappa shape index (κ3) is 2.43. The van der Waals surface area contributed by atoms with Crippen molar-refractivity contribution in [1.29, 1.82) is 0 Å². The molecule has 2 aliphatic rings. The summed E-state index contributed by atoms with van der Waals surface area (Å²) >= 11 is 0. The summed E-state index contributed by atoms with van der Waals surface area (Å²) < 4.78 is 5.18. The molecule has 5 heteroatoms. The van der Waals surface area contributed by atoms with Gasteiger partial charge in [-0.1, -0.05) is 24.3 Å². The van der Waals surface area contributed by atoms with Gasteiger partial charge in [-0.2, -0.15) is 5.06 Å². The Hall–Kier alpha value is -1.59. The maximum Gasteiger partial charge on any atom is 0.345 e. The number of amides is 2. The Morgan fingerprint density at radius 1 is 1.63 bits per heavy atom. The SMILES string of the molecule is C=CCON1C(=O)N2C[C@H]1C(C(=C)C)=C[C@H]2COC. The summed E-state index contributed by atoms with van der Waals surface area (Å²) in [6.45, 7) is 10.9. The van der Waals surface area contributed by atoms with E-state index in [-0.39, 0.29) is 18.1 Å². The third-order valence-corrected chi connectivity index (χ3v) is 3.38. The number of ether oxygens (including phenoxy) is 1. The molecule has 104 valence electrons. The number of hydrogen-bond donors (Lipinski definition) is 0. The zero-order valence-corrected chi connectivity index (χ0v) is 11.5. The summed E-state index contributed by atoms with van der Waals surface area (Å²) in [6, 6.07) is -0.266. The predicted octanol–water partition coefficient (Wildman–Crippen LogP) is 1.74. The van der Waals surface area contributed by atoms with Crippen LogP contribution in [0.4, 0.5) is 4.79 Å². The minimum atomic E-state index is -0.124. The molecule has 5 nitrogen and oxygen atoms in total. The summed E-state index contributed by atoms with van der Waals surface area (Å²) in [7, 11) is 1.63. The van der Waals surface area contributed by atoms with Gasteiger partial charge < -0.3 is 9.64 Å². The lowest BCUT2D eigenvalue weighted by Gasteiger charge is -2.29. The molecule has 2 bridgehead atoms. The molecule has 0 aromatic heterocycles. The van der Waals surface area contributed by atoms with Gasteiger partial charge in [-0.05, 0) is 12.5 Å². The molecule has 2 amide bonds. The largest absolute Gasteiger partial charge is 0.382 e. The standard InChI is InChI=1S/C14H20N2O3/c1-5-6-19-16-13-8-15(14(16)17)11(9-18-4)7-12(13)10(2)3/h5,7,11,13H,1-2,6,8-9H2,3-4H3/t11-,13-/m0/s1. The van der Waals surface area contributed by atoms with Crippen LogP contribution < -0.4 is 0 Å². The normalized spacial score (nSPS) is 25.6. The van der Waals surface area contributed by atoms with Crippen LogP contribution in [0.5, 0.6) is 0 Å². The van der Waals surface area contributed by atoms with Gasteiger partial charge in [0, 0.05) is 7.11 Å². The molecule has 0 unspecified atom stereocenters. The molecular weight excluding hydrogens is 244 g/mol. The van der Waals surface area contributed by atoms with Crippen LogP contribution in [0.15, 0.2) is 36.5 Å². The topological polar surface area (TPSA) is 42.0 Å². The molecule has 0 spiro atoms. The first-order valence-electron chi connectivity index (χ1n) is 6.30. The van der Waals surface area contributed by atoms with Gasteiger partial charge in [0.1, 0.15) is 6.04 Å². The van der Waals surface area contributed by atoms with E-state index in [0.29, 0.717) is 19.8 Å². The van der Waals surface area contributed by atoms with E-state index in [0.717, 1.165) is 11.1 Å². The minimum Gasteiger partial charge on any atom is -0.382 e. The number of hydroxylamine groups is 2. The highest BCUT2D eigenvalue weighted by molar-refractivity contribution is 5.79. The summed E-state index contributed by atoms with van der Waals surface area (Å²) in [6.07, 6.45) is 3.68. The number of nitrogens with zero attached hydrogens (tertiary/aromatic N) is 2. The van der Waals surface area contributed by atoms with Crippen LogP contribution in [0.25, 0.3) is 0 Å². The van der Waals surface area contributed by atoms with Crippen molar-refractivity contribution in [3.8, 4) is 0 Å². The Morgan fingerprint density at radius 3 is 2.95 bits per heavy atom. The van der Waals surface area contributed by atoms with Gasteiger partial charge >= 0.3 is 6.03 Å². The van der Waals surface area contributed by atoms with Crippen molar-refractivity contribution in [3.63, 3.8) is 0 Å². The van der Waals surface area contributed by atoms with Gasteiger partial charge in [-0.25, -0.2) is 4.79 Å². The molecule has 0 aliphatic carbocycles. The molecule has 0 aromatic carbocycles. The number of methoxy groups -OCH3 is 1. The Bertz CT molecular complexity index is 430. The van der Waals surface area contributed by atoms with Crippen LogP contribution in [0.3, 0.4) is 0 Å². The van der Waals surface area contributed by atoms with E-state index in [1.54, 1.807) is 18.1 Å². The molecule has 1 saturated heterocycles. The Balaban J connectivity index is 2.27. The Kier molecular flexibility index (Phi) is 4.07. The molecule has 1 fully saturated rings. The molecule has 0 saturated carbocycles. The zero-order chi connectivity index (χ0) is 14.0. The summed E-state index contributed by atoms with van der Waals surface area (Å²) in [4.78, 5) is 19.6. The fraction of sp³-hybridized carbons (Fsp3) is 0.500. The number of fused-ring (bicyclic) bond motifs is 2. The van der Waals surface area contributed by atoms with Crippen molar-refractivity contribution < 1.29 is 14.4 Å². The van der Waals surface area contributed by atoms with Crippen LogP contribution >= 0.6 is 0 Å². The van der Waals surface area contributed by atoms with E-state index in [4.69, 9.17) is 9.57 Å². The quantitative estimate of drug-likeness (QED) is 0.686. The van der Waals surface area contributed by atoms with Crippen molar-refractivity contribution in [1.82, 2.24) is 9.96 Å². The van der Waals surface area contributed by atoms with Gasteiger partial charge in [-0.3, -0.25) is 4.84 Å².